The van der Waals surface area contributed by atoms with Gasteiger partial charge in [-0.15, -0.1) is 0 Å². The zero-order valence-electron chi connectivity index (χ0n) is 15.7. The van der Waals surface area contributed by atoms with Crippen molar-refractivity contribution in [3.05, 3.63) is 78.0 Å². The van der Waals surface area contributed by atoms with Crippen LogP contribution in [0.3, 0.4) is 0 Å². The summed E-state index contributed by atoms with van der Waals surface area (Å²) in [5.41, 5.74) is 2.63. The Hall–Kier alpha value is -2.48. The maximum Gasteiger partial charge on any atom is 0.306 e. The molecule has 0 aliphatic carbocycles. The molecule has 0 atom stereocenters. The van der Waals surface area contributed by atoms with E-state index in [2.05, 4.69) is 5.32 Å². The van der Waals surface area contributed by atoms with Gasteiger partial charge in [-0.3, -0.25) is 9.59 Å². The molecule has 0 aliphatic heterocycles. The van der Waals surface area contributed by atoms with Crippen LogP contribution in [-0.4, -0.2) is 18.4 Å². The van der Waals surface area contributed by atoms with Crippen molar-refractivity contribution >= 4 is 22.8 Å². The fourth-order valence-electron chi connectivity index (χ4n) is 2.88. The van der Waals surface area contributed by atoms with Crippen LogP contribution in [0.5, 0.6) is 0 Å². The molecule has 3 aromatic rings. The second-order valence-corrected chi connectivity index (χ2v) is 6.40. The molecule has 0 unspecified atom stereocenters. The molecular formula is C22H23IN2O3. The van der Waals surface area contributed by atoms with Crippen molar-refractivity contribution in [3.63, 3.8) is 0 Å². The topological polar surface area (TPSA) is 59.3 Å². The third-order valence-corrected chi connectivity index (χ3v) is 4.31. The molecule has 1 N–H and O–H groups in total. The second-order valence-electron chi connectivity index (χ2n) is 6.40. The summed E-state index contributed by atoms with van der Waals surface area (Å²) in [5.74, 6) is -0.404. The molecule has 3 rings (SSSR count). The quantitative estimate of drug-likeness (QED) is 0.218. The van der Waals surface area contributed by atoms with Gasteiger partial charge in [0.1, 0.15) is 19.2 Å². The summed E-state index contributed by atoms with van der Waals surface area (Å²) in [6.45, 7) is 0.704. The highest BCUT2D eigenvalue weighted by Gasteiger charge is 2.13. The lowest BCUT2D eigenvalue weighted by atomic mass is 10.1. The van der Waals surface area contributed by atoms with E-state index >= 15 is 0 Å². The van der Waals surface area contributed by atoms with Gasteiger partial charge < -0.3 is 34.0 Å². The number of ether oxygens (including phenoxy) is 1. The highest BCUT2D eigenvalue weighted by Crippen LogP contribution is 2.11. The van der Waals surface area contributed by atoms with Crippen molar-refractivity contribution in [2.75, 3.05) is 6.54 Å². The molecule has 0 saturated carbocycles. The zero-order chi connectivity index (χ0) is 19.1. The molecule has 5 nitrogen and oxygen atoms in total. The van der Waals surface area contributed by atoms with E-state index in [1.165, 1.54) is 0 Å². The molecule has 146 valence electrons. The standard InChI is InChI=1S/C22H22N2O3.HI/c1-24-15-19(14-18-10-5-6-11-20(18)24)22(26)23-13-7-12-21(25)27-16-17-8-3-2-4-9-17;/h2-6,8-11,14-15H,7,12-13,16H2,1H3;1H. The fourth-order valence-corrected chi connectivity index (χ4v) is 2.88. The number of nitrogens with one attached hydrogen (secondary N) is 1. The first kappa shape index (κ1) is 21.8. The van der Waals surface area contributed by atoms with Crippen LogP contribution < -0.4 is 33.9 Å². The first-order valence-corrected chi connectivity index (χ1v) is 8.99. The van der Waals surface area contributed by atoms with Gasteiger partial charge in [0.25, 0.3) is 5.91 Å². The van der Waals surface area contributed by atoms with Gasteiger partial charge in [-0.05, 0) is 24.1 Å². The van der Waals surface area contributed by atoms with E-state index in [1.807, 2.05) is 78.5 Å². The molecule has 1 heterocycles. The van der Waals surface area contributed by atoms with Gasteiger partial charge in [-0.25, -0.2) is 4.57 Å². The Morgan fingerprint density at radius 1 is 1.04 bits per heavy atom. The molecule has 6 heteroatoms. The van der Waals surface area contributed by atoms with Crippen LogP contribution in [-0.2, 0) is 23.2 Å². The number of pyridine rings is 1. The predicted molar refractivity (Wildman–Crippen MR) is 103 cm³/mol. The average molecular weight is 490 g/mol. The molecule has 0 saturated heterocycles. The molecule has 1 aromatic heterocycles. The smallest absolute Gasteiger partial charge is 0.306 e. The lowest BCUT2D eigenvalue weighted by Crippen LogP contribution is -3.00. The number of carbonyl (C=O) groups excluding carboxylic acids is 2. The number of esters is 1. The number of hydrogen-bond acceptors (Lipinski definition) is 3. The SMILES string of the molecule is C[n+]1cc(C(=O)NCCCC(=O)OCc2ccccc2)cc2ccccc21.[I-]. The predicted octanol–water partition coefficient (Wildman–Crippen LogP) is -0.0783. The largest absolute Gasteiger partial charge is 1.00 e. The summed E-state index contributed by atoms with van der Waals surface area (Å²) in [7, 11) is 1.92. The number of benzene rings is 2. The van der Waals surface area contributed by atoms with Gasteiger partial charge in [0.15, 0.2) is 6.20 Å². The van der Waals surface area contributed by atoms with Crippen LogP contribution in [0.15, 0.2) is 66.9 Å². The van der Waals surface area contributed by atoms with Crippen LogP contribution in [0.2, 0.25) is 0 Å². The average Bonchev–Trinajstić information content (AvgIpc) is 2.70. The summed E-state index contributed by atoms with van der Waals surface area (Å²) < 4.78 is 7.16. The normalized spacial score (nSPS) is 10.2. The highest BCUT2D eigenvalue weighted by molar-refractivity contribution is 5.96. The minimum atomic E-state index is -0.259. The number of para-hydroxylation sites is 1. The number of fused-ring (bicyclic) bond motifs is 1. The Labute approximate surface area is 181 Å². The zero-order valence-corrected chi connectivity index (χ0v) is 17.9. The van der Waals surface area contributed by atoms with E-state index in [0.29, 0.717) is 18.5 Å². The van der Waals surface area contributed by atoms with Crippen molar-refractivity contribution in [2.45, 2.75) is 19.4 Å². The molecule has 2 aromatic carbocycles. The fraction of sp³-hybridized carbons (Fsp3) is 0.227. The van der Waals surface area contributed by atoms with E-state index < -0.39 is 0 Å². The van der Waals surface area contributed by atoms with Crippen LogP contribution >= 0.6 is 0 Å². The van der Waals surface area contributed by atoms with Crippen molar-refractivity contribution in [1.82, 2.24) is 5.32 Å². The van der Waals surface area contributed by atoms with Gasteiger partial charge >= 0.3 is 5.97 Å². The Kier molecular flexibility index (Phi) is 8.38. The molecule has 28 heavy (non-hydrogen) atoms. The van der Waals surface area contributed by atoms with Gasteiger partial charge in [0, 0.05) is 24.4 Å². The van der Waals surface area contributed by atoms with Crippen molar-refractivity contribution in [2.24, 2.45) is 7.05 Å². The summed E-state index contributed by atoms with van der Waals surface area (Å²) in [4.78, 5) is 24.1. The molecule has 0 aliphatic rings. The van der Waals surface area contributed by atoms with Gasteiger partial charge in [0.2, 0.25) is 5.52 Å². The third kappa shape index (κ3) is 6.02. The summed E-state index contributed by atoms with van der Waals surface area (Å²) in [5, 5.41) is 3.87. The Bertz CT molecular complexity index is 945. The maximum atomic E-state index is 12.4. The highest BCUT2D eigenvalue weighted by atomic mass is 127. The van der Waals surface area contributed by atoms with Crippen molar-refractivity contribution < 1.29 is 42.9 Å². The number of amides is 1. The number of hydrogen-bond donors (Lipinski definition) is 1. The molecule has 0 radical (unpaired) electrons. The lowest BCUT2D eigenvalue weighted by Gasteiger charge is -2.07. The molecule has 0 fully saturated rings. The van der Waals surface area contributed by atoms with Crippen molar-refractivity contribution in [1.29, 1.82) is 0 Å². The Morgan fingerprint density at radius 2 is 1.75 bits per heavy atom. The first-order valence-electron chi connectivity index (χ1n) is 8.99. The number of nitrogens with zero attached hydrogens (tertiary/aromatic N) is 1. The minimum absolute atomic E-state index is 0. The van der Waals surface area contributed by atoms with Crippen LogP contribution in [0.4, 0.5) is 0 Å². The Balaban J connectivity index is 0.00000280. The van der Waals surface area contributed by atoms with E-state index in [9.17, 15) is 9.59 Å². The van der Waals surface area contributed by atoms with Gasteiger partial charge in [-0.1, -0.05) is 42.5 Å². The van der Waals surface area contributed by atoms with Crippen LogP contribution in [0.25, 0.3) is 10.9 Å². The molecule has 0 spiro atoms. The van der Waals surface area contributed by atoms with E-state index in [1.54, 1.807) is 0 Å². The molecule has 1 amide bonds. The number of halogens is 1. The summed E-state index contributed by atoms with van der Waals surface area (Å²) >= 11 is 0. The number of rotatable bonds is 7. The van der Waals surface area contributed by atoms with Crippen LogP contribution in [0.1, 0.15) is 28.8 Å². The molecule has 0 bridgehead atoms. The third-order valence-electron chi connectivity index (χ3n) is 4.31. The second kappa shape index (κ2) is 10.8. The maximum absolute atomic E-state index is 12.4. The number of carbonyl (C=O) groups is 2. The van der Waals surface area contributed by atoms with Gasteiger partial charge in [-0.2, -0.15) is 0 Å². The summed E-state index contributed by atoms with van der Waals surface area (Å²) in [6, 6.07) is 19.4. The first-order chi connectivity index (χ1) is 13.1. The monoisotopic (exact) mass is 490 g/mol. The minimum Gasteiger partial charge on any atom is -1.00 e. The van der Waals surface area contributed by atoms with E-state index in [0.717, 1.165) is 16.5 Å². The van der Waals surface area contributed by atoms with Gasteiger partial charge in [0.05, 0.1) is 0 Å². The Morgan fingerprint density at radius 3 is 2.54 bits per heavy atom. The molecular weight excluding hydrogens is 467 g/mol. The van der Waals surface area contributed by atoms with Crippen LogP contribution in [0, 0.1) is 0 Å². The number of aryl methyl sites for hydroxylation is 1. The lowest BCUT2D eigenvalue weighted by molar-refractivity contribution is -0.645. The summed E-state index contributed by atoms with van der Waals surface area (Å²) in [6.07, 6.45) is 2.63. The van der Waals surface area contributed by atoms with Crippen molar-refractivity contribution in [3.8, 4) is 0 Å². The van der Waals surface area contributed by atoms with E-state index in [4.69, 9.17) is 4.74 Å². The number of aromatic nitrogens is 1. The van der Waals surface area contributed by atoms with E-state index in [-0.39, 0.29) is 48.9 Å².